The Balaban J connectivity index is 0.00000243. The summed E-state index contributed by atoms with van der Waals surface area (Å²) in [7, 11) is 0. The van der Waals surface area contributed by atoms with E-state index >= 15 is 0 Å². The smallest absolute Gasteiger partial charge is 0.255 e. The fraction of sp³-hybridized carbons (Fsp3) is 0.556. The molecule has 0 spiro atoms. The third-order valence-electron chi connectivity index (χ3n) is 5.53. The van der Waals surface area contributed by atoms with Crippen LogP contribution in [0.3, 0.4) is 0 Å². The van der Waals surface area contributed by atoms with Crippen LogP contribution in [-0.2, 0) is 14.3 Å². The minimum Gasteiger partial charge on any atom is -0.484 e. The van der Waals surface area contributed by atoms with Crippen LogP contribution < -0.4 is 21.5 Å². The summed E-state index contributed by atoms with van der Waals surface area (Å²) in [5.74, 6) is -0.314. The lowest BCUT2D eigenvalue weighted by atomic mass is 9.46. The summed E-state index contributed by atoms with van der Waals surface area (Å²) in [5.41, 5.74) is 10.8. The molecule has 1 aromatic rings. The van der Waals surface area contributed by atoms with Crippen molar-refractivity contribution in [3.05, 3.63) is 24.3 Å². The number of primary amides is 1. The Labute approximate surface area is 159 Å². The molecular formula is C18H26ClN3O4. The Morgan fingerprint density at radius 1 is 1.38 bits per heavy atom. The number of hydrogen-bond donors (Lipinski definition) is 3. The van der Waals surface area contributed by atoms with Gasteiger partial charge in [0.05, 0.1) is 6.10 Å². The maximum absolute atomic E-state index is 13.0. The summed E-state index contributed by atoms with van der Waals surface area (Å²) in [4.78, 5) is 23.8. The molecule has 2 amide bonds. The van der Waals surface area contributed by atoms with E-state index in [1.807, 2.05) is 13.8 Å². The number of anilines is 1. The standard InChI is InChI=1S/C18H25N3O4.ClH/c1-17(2)15-13(7-4-8-24-15)18(17,20)16(23)21-11-5-3-6-12(9-11)25-10-14(19)22;/h3,5-6,9,13,15H,4,7-8,10,20H2,1-2H3,(H2,19,22)(H,21,23);1H. The second-order valence-electron chi connectivity index (χ2n) is 7.37. The van der Waals surface area contributed by atoms with Gasteiger partial charge < -0.3 is 26.3 Å². The number of carbonyl (C=O) groups is 2. The number of halogens is 1. The van der Waals surface area contributed by atoms with Crippen LogP contribution in [0.15, 0.2) is 24.3 Å². The molecule has 1 aliphatic carbocycles. The van der Waals surface area contributed by atoms with Crippen molar-refractivity contribution in [1.82, 2.24) is 0 Å². The monoisotopic (exact) mass is 383 g/mol. The van der Waals surface area contributed by atoms with E-state index < -0.39 is 16.9 Å². The van der Waals surface area contributed by atoms with Crippen molar-refractivity contribution >= 4 is 29.9 Å². The van der Waals surface area contributed by atoms with Gasteiger partial charge in [0.1, 0.15) is 11.3 Å². The molecule has 3 rings (SSSR count). The Morgan fingerprint density at radius 2 is 2.12 bits per heavy atom. The molecule has 144 valence electrons. The first-order chi connectivity index (χ1) is 11.8. The summed E-state index contributed by atoms with van der Waals surface area (Å²) in [6.45, 7) is 4.46. The molecule has 2 aliphatic rings. The number of benzene rings is 1. The molecule has 1 aromatic carbocycles. The first-order valence-corrected chi connectivity index (χ1v) is 8.50. The van der Waals surface area contributed by atoms with Crippen LogP contribution in [0.1, 0.15) is 26.7 Å². The molecule has 3 atom stereocenters. The number of carbonyl (C=O) groups excluding carboxylic acids is 2. The average molecular weight is 384 g/mol. The molecule has 1 saturated heterocycles. The predicted octanol–water partition coefficient (Wildman–Crippen LogP) is 1.44. The molecule has 0 aromatic heterocycles. The molecule has 1 saturated carbocycles. The van der Waals surface area contributed by atoms with Gasteiger partial charge in [-0.05, 0) is 25.0 Å². The Hall–Kier alpha value is -1.83. The predicted molar refractivity (Wildman–Crippen MR) is 100 cm³/mol. The van der Waals surface area contributed by atoms with E-state index in [9.17, 15) is 9.59 Å². The number of nitrogens with one attached hydrogen (secondary N) is 1. The fourth-order valence-electron chi connectivity index (χ4n) is 4.09. The van der Waals surface area contributed by atoms with Gasteiger partial charge in [0, 0.05) is 29.7 Å². The van der Waals surface area contributed by atoms with E-state index in [1.165, 1.54) is 0 Å². The molecule has 5 N–H and O–H groups in total. The molecular weight excluding hydrogens is 358 g/mol. The topological polar surface area (TPSA) is 117 Å². The summed E-state index contributed by atoms with van der Waals surface area (Å²) in [6.07, 6.45) is 1.82. The summed E-state index contributed by atoms with van der Waals surface area (Å²) < 4.78 is 11.1. The number of hydrogen-bond acceptors (Lipinski definition) is 5. The highest BCUT2D eigenvalue weighted by Crippen LogP contribution is 2.57. The Morgan fingerprint density at radius 3 is 2.81 bits per heavy atom. The van der Waals surface area contributed by atoms with Crippen molar-refractivity contribution in [3.63, 3.8) is 0 Å². The highest BCUT2D eigenvalue weighted by atomic mass is 35.5. The van der Waals surface area contributed by atoms with Crippen molar-refractivity contribution in [2.24, 2.45) is 22.8 Å². The minimum atomic E-state index is -0.984. The Kier molecular flexibility index (Phi) is 5.85. The zero-order chi connectivity index (χ0) is 18.2. The molecule has 1 aliphatic heterocycles. The number of ether oxygens (including phenoxy) is 2. The van der Waals surface area contributed by atoms with Crippen LogP contribution in [-0.4, -0.2) is 36.7 Å². The third-order valence-corrected chi connectivity index (χ3v) is 5.53. The lowest BCUT2D eigenvalue weighted by Crippen LogP contribution is -2.81. The molecule has 7 nitrogen and oxygen atoms in total. The molecule has 0 bridgehead atoms. The van der Waals surface area contributed by atoms with Crippen molar-refractivity contribution < 1.29 is 19.1 Å². The summed E-state index contributed by atoms with van der Waals surface area (Å²) in [5, 5.41) is 2.89. The number of rotatable bonds is 5. The van der Waals surface area contributed by atoms with Gasteiger partial charge in [0.15, 0.2) is 6.61 Å². The fourth-order valence-corrected chi connectivity index (χ4v) is 4.09. The average Bonchev–Trinajstić information content (AvgIpc) is 2.59. The van der Waals surface area contributed by atoms with Gasteiger partial charge in [-0.15, -0.1) is 12.4 Å². The van der Waals surface area contributed by atoms with Crippen LogP contribution in [0.4, 0.5) is 5.69 Å². The first kappa shape index (κ1) is 20.5. The number of amides is 2. The van der Waals surface area contributed by atoms with Gasteiger partial charge in [-0.3, -0.25) is 9.59 Å². The van der Waals surface area contributed by atoms with Gasteiger partial charge in [-0.25, -0.2) is 0 Å². The van der Waals surface area contributed by atoms with Crippen molar-refractivity contribution in [3.8, 4) is 5.75 Å². The van der Waals surface area contributed by atoms with E-state index in [0.29, 0.717) is 11.4 Å². The molecule has 26 heavy (non-hydrogen) atoms. The van der Waals surface area contributed by atoms with Gasteiger partial charge >= 0.3 is 0 Å². The second-order valence-corrected chi connectivity index (χ2v) is 7.37. The summed E-state index contributed by atoms with van der Waals surface area (Å²) >= 11 is 0. The van der Waals surface area contributed by atoms with E-state index in [1.54, 1.807) is 24.3 Å². The normalized spacial score (nSPS) is 28.7. The zero-order valence-electron chi connectivity index (χ0n) is 15.0. The molecule has 8 heteroatoms. The van der Waals surface area contributed by atoms with Crippen LogP contribution in [0, 0.1) is 11.3 Å². The SMILES string of the molecule is CC1(C)C2OCCCC2C1(N)C(=O)Nc1cccc(OCC(N)=O)c1.Cl. The van der Waals surface area contributed by atoms with E-state index in [0.717, 1.165) is 19.4 Å². The van der Waals surface area contributed by atoms with Crippen LogP contribution in [0.25, 0.3) is 0 Å². The second kappa shape index (κ2) is 7.42. The van der Waals surface area contributed by atoms with Crippen molar-refractivity contribution in [2.75, 3.05) is 18.5 Å². The molecule has 2 fully saturated rings. The van der Waals surface area contributed by atoms with Crippen LogP contribution >= 0.6 is 12.4 Å². The molecule has 1 heterocycles. The maximum atomic E-state index is 13.0. The van der Waals surface area contributed by atoms with Crippen molar-refractivity contribution in [1.29, 1.82) is 0 Å². The lowest BCUT2D eigenvalue weighted by molar-refractivity contribution is -0.222. The lowest BCUT2D eigenvalue weighted by Gasteiger charge is -2.65. The van der Waals surface area contributed by atoms with E-state index in [2.05, 4.69) is 5.32 Å². The first-order valence-electron chi connectivity index (χ1n) is 8.50. The number of fused-ring (bicyclic) bond motifs is 1. The number of nitrogens with two attached hydrogens (primary N) is 2. The summed E-state index contributed by atoms with van der Waals surface area (Å²) in [6, 6.07) is 6.81. The van der Waals surface area contributed by atoms with Crippen LogP contribution in [0.5, 0.6) is 5.75 Å². The van der Waals surface area contributed by atoms with Gasteiger partial charge in [0.2, 0.25) is 5.91 Å². The minimum absolute atomic E-state index is 0. The van der Waals surface area contributed by atoms with E-state index in [-0.39, 0.29) is 36.9 Å². The van der Waals surface area contributed by atoms with Gasteiger partial charge in [-0.2, -0.15) is 0 Å². The zero-order valence-corrected chi connectivity index (χ0v) is 15.8. The quantitative estimate of drug-likeness (QED) is 0.711. The molecule has 0 radical (unpaired) electrons. The highest BCUT2D eigenvalue weighted by molar-refractivity contribution is 6.00. The Bertz CT molecular complexity index is 697. The van der Waals surface area contributed by atoms with Crippen LogP contribution in [0.2, 0.25) is 0 Å². The van der Waals surface area contributed by atoms with E-state index in [4.69, 9.17) is 20.9 Å². The van der Waals surface area contributed by atoms with Crippen molar-refractivity contribution in [2.45, 2.75) is 38.3 Å². The maximum Gasteiger partial charge on any atom is 0.255 e. The highest BCUT2D eigenvalue weighted by Gasteiger charge is 2.70. The third kappa shape index (κ3) is 3.26. The van der Waals surface area contributed by atoms with Gasteiger partial charge in [-0.1, -0.05) is 19.9 Å². The largest absolute Gasteiger partial charge is 0.484 e. The van der Waals surface area contributed by atoms with Gasteiger partial charge in [0.25, 0.3) is 5.91 Å². The molecule has 3 unspecified atom stereocenters.